The Kier molecular flexibility index (Phi) is 9.32. The molecule has 0 bridgehead atoms. The molecule has 5 aromatic heterocycles. The number of aryl methyl sites for hydroxylation is 2. The van der Waals surface area contributed by atoms with E-state index in [-0.39, 0.29) is 0 Å². The zero-order chi connectivity index (χ0) is 28.6. The second-order valence-corrected chi connectivity index (χ2v) is 11.1. The fourth-order valence-electron chi connectivity index (χ4n) is 4.96. The highest BCUT2D eigenvalue weighted by molar-refractivity contribution is 7.10. The topological polar surface area (TPSA) is 118 Å². The summed E-state index contributed by atoms with van der Waals surface area (Å²) in [6.45, 7) is 11.0. The number of rotatable bonds is 9. The molecule has 214 valence electrons. The largest absolute Gasteiger partial charge is 0.355 e. The van der Waals surface area contributed by atoms with Crippen LogP contribution in [0.25, 0.3) is 16.9 Å². The summed E-state index contributed by atoms with van der Waals surface area (Å²) in [4.78, 5) is 25.6. The fraction of sp³-hybridized carbons (Fsp3) is 0.379. The predicted molar refractivity (Wildman–Crippen MR) is 161 cm³/mol. The Morgan fingerprint density at radius 1 is 1.22 bits per heavy atom. The number of nitrogens with zero attached hydrogens (tertiary/aromatic N) is 8. The number of fused-ring (bicyclic) bond motifs is 1. The van der Waals surface area contributed by atoms with Crippen molar-refractivity contribution in [2.75, 3.05) is 18.4 Å². The molecule has 0 aliphatic carbocycles. The van der Waals surface area contributed by atoms with Crippen LogP contribution in [0.5, 0.6) is 0 Å². The lowest BCUT2D eigenvalue weighted by Crippen LogP contribution is -2.33. The zero-order valence-corrected chi connectivity index (χ0v) is 24.5. The molecule has 1 amide bonds. The Labute approximate surface area is 243 Å². The molecule has 6 rings (SSSR count). The molecule has 0 spiro atoms. The van der Waals surface area contributed by atoms with Gasteiger partial charge >= 0.3 is 0 Å². The summed E-state index contributed by atoms with van der Waals surface area (Å²) in [5, 5.41) is 11.4. The Morgan fingerprint density at radius 3 is 2.88 bits per heavy atom. The molecule has 5 aromatic rings. The maximum atomic E-state index is 9.85. The van der Waals surface area contributed by atoms with Crippen molar-refractivity contribution in [3.8, 4) is 11.3 Å². The summed E-state index contributed by atoms with van der Waals surface area (Å²) >= 11 is 1.48. The molecule has 1 fully saturated rings. The van der Waals surface area contributed by atoms with Crippen molar-refractivity contribution >= 4 is 34.4 Å². The highest BCUT2D eigenvalue weighted by atomic mass is 32.1. The number of likely N-dealkylation sites (tertiary alicyclic amines) is 1. The minimum absolute atomic E-state index is 0.553. The van der Waals surface area contributed by atoms with E-state index in [1.165, 1.54) is 24.4 Å². The van der Waals surface area contributed by atoms with Crippen molar-refractivity contribution in [1.82, 2.24) is 43.7 Å². The molecular weight excluding hydrogens is 536 g/mol. The van der Waals surface area contributed by atoms with Gasteiger partial charge in [0, 0.05) is 56.5 Å². The van der Waals surface area contributed by atoms with Crippen molar-refractivity contribution in [1.29, 1.82) is 0 Å². The Bertz CT molecular complexity index is 1560. The highest BCUT2D eigenvalue weighted by Crippen LogP contribution is 2.28. The zero-order valence-electron chi connectivity index (χ0n) is 23.7. The lowest BCUT2D eigenvalue weighted by atomic mass is 10.0. The molecule has 1 aliphatic rings. The summed E-state index contributed by atoms with van der Waals surface area (Å²) in [6, 6.07) is 5.88. The van der Waals surface area contributed by atoms with E-state index < -0.39 is 0 Å². The number of aromatic nitrogens is 7. The molecular formula is C29H36N10OS. The van der Waals surface area contributed by atoms with Gasteiger partial charge in [-0.15, -0.1) is 0 Å². The summed E-state index contributed by atoms with van der Waals surface area (Å²) in [7, 11) is 0. The van der Waals surface area contributed by atoms with Crippen molar-refractivity contribution in [2.24, 2.45) is 5.92 Å². The summed E-state index contributed by atoms with van der Waals surface area (Å²) in [6.07, 6.45) is 14.5. The third-order valence-electron chi connectivity index (χ3n) is 6.91. The number of carbonyl (C=O) groups is 1. The monoisotopic (exact) mass is 572 g/mol. The Hall–Kier alpha value is -4.16. The van der Waals surface area contributed by atoms with Gasteiger partial charge in [0.15, 0.2) is 11.5 Å². The van der Waals surface area contributed by atoms with Gasteiger partial charge in [-0.25, -0.2) is 9.97 Å². The first-order valence-corrected chi connectivity index (χ1v) is 14.7. The predicted octanol–water partition coefficient (Wildman–Crippen LogP) is 4.68. The SMILES string of the molecule is CCn1cc(-c2cnc3c(Nc4cc(CN5CCCC(C)C5)ns4)nc(C)cn23)cn1.O=CNCc1cccnc1. The van der Waals surface area contributed by atoms with Crippen LogP contribution < -0.4 is 10.6 Å². The molecule has 0 radical (unpaired) electrons. The average Bonchev–Trinajstić information content (AvgIpc) is 3.73. The third kappa shape index (κ3) is 7.33. The molecule has 2 N–H and O–H groups in total. The minimum Gasteiger partial charge on any atom is -0.355 e. The lowest BCUT2D eigenvalue weighted by Gasteiger charge is -2.30. The molecule has 1 atom stereocenters. The molecule has 0 aromatic carbocycles. The first kappa shape index (κ1) is 28.4. The second kappa shape index (κ2) is 13.5. The third-order valence-corrected chi connectivity index (χ3v) is 7.65. The number of piperidine rings is 1. The summed E-state index contributed by atoms with van der Waals surface area (Å²) < 4.78 is 8.67. The molecule has 11 nitrogen and oxygen atoms in total. The Balaban J connectivity index is 0.000000287. The van der Waals surface area contributed by atoms with Crippen LogP contribution in [0.4, 0.5) is 10.8 Å². The average molecular weight is 573 g/mol. The maximum Gasteiger partial charge on any atom is 0.207 e. The smallest absolute Gasteiger partial charge is 0.207 e. The van der Waals surface area contributed by atoms with Crippen LogP contribution in [0.15, 0.2) is 55.4 Å². The van der Waals surface area contributed by atoms with Crippen LogP contribution in [0.2, 0.25) is 0 Å². The van der Waals surface area contributed by atoms with Crippen molar-refractivity contribution in [3.05, 3.63) is 72.3 Å². The number of imidazole rings is 1. The van der Waals surface area contributed by atoms with E-state index in [0.29, 0.717) is 13.0 Å². The van der Waals surface area contributed by atoms with Gasteiger partial charge in [-0.05, 0) is 68.4 Å². The first-order valence-electron chi connectivity index (χ1n) is 13.9. The van der Waals surface area contributed by atoms with Gasteiger partial charge in [-0.1, -0.05) is 13.0 Å². The van der Waals surface area contributed by atoms with Gasteiger partial charge < -0.3 is 10.6 Å². The summed E-state index contributed by atoms with van der Waals surface area (Å²) in [5.41, 5.74) is 5.89. The molecule has 1 saturated heterocycles. The lowest BCUT2D eigenvalue weighted by molar-refractivity contribution is -0.109. The van der Waals surface area contributed by atoms with E-state index in [4.69, 9.17) is 4.98 Å². The number of anilines is 2. The number of carbonyl (C=O) groups excluding carboxylic acids is 1. The van der Waals surface area contributed by atoms with Gasteiger partial charge in [-0.3, -0.25) is 23.8 Å². The van der Waals surface area contributed by atoms with E-state index >= 15 is 0 Å². The van der Waals surface area contributed by atoms with E-state index in [0.717, 1.165) is 76.8 Å². The number of amides is 1. The second-order valence-electron chi connectivity index (χ2n) is 10.3. The molecule has 0 saturated carbocycles. The molecule has 12 heteroatoms. The van der Waals surface area contributed by atoms with Gasteiger partial charge in [-0.2, -0.15) is 9.47 Å². The van der Waals surface area contributed by atoms with Crippen LogP contribution >= 0.6 is 11.5 Å². The molecule has 41 heavy (non-hydrogen) atoms. The number of pyridine rings is 1. The fourth-order valence-corrected chi connectivity index (χ4v) is 5.62. The normalized spacial score (nSPS) is 15.3. The van der Waals surface area contributed by atoms with Crippen molar-refractivity contribution < 1.29 is 4.79 Å². The molecule has 1 unspecified atom stereocenters. The maximum absolute atomic E-state index is 9.85. The number of hydrogen-bond donors (Lipinski definition) is 2. The van der Waals surface area contributed by atoms with E-state index in [2.05, 4.69) is 59.3 Å². The van der Waals surface area contributed by atoms with Gasteiger partial charge in [0.2, 0.25) is 6.41 Å². The highest BCUT2D eigenvalue weighted by Gasteiger charge is 2.18. The first-order chi connectivity index (χ1) is 20.0. The van der Waals surface area contributed by atoms with Crippen molar-refractivity contribution in [3.63, 3.8) is 0 Å². The number of hydrogen-bond acceptors (Lipinski definition) is 9. The van der Waals surface area contributed by atoms with Crippen LogP contribution in [-0.4, -0.2) is 57.9 Å². The van der Waals surface area contributed by atoms with Gasteiger partial charge in [0.1, 0.15) is 5.00 Å². The van der Waals surface area contributed by atoms with Crippen LogP contribution in [0.1, 0.15) is 43.6 Å². The van der Waals surface area contributed by atoms with Crippen LogP contribution in [0.3, 0.4) is 0 Å². The summed E-state index contributed by atoms with van der Waals surface area (Å²) in [5.74, 6) is 1.52. The van der Waals surface area contributed by atoms with Gasteiger partial charge in [0.25, 0.3) is 0 Å². The van der Waals surface area contributed by atoms with Gasteiger partial charge in [0.05, 0.1) is 29.5 Å². The number of nitrogens with one attached hydrogen (secondary N) is 2. The quantitative estimate of drug-likeness (QED) is 0.245. The van der Waals surface area contributed by atoms with E-state index in [1.54, 1.807) is 12.4 Å². The van der Waals surface area contributed by atoms with E-state index in [9.17, 15) is 4.79 Å². The van der Waals surface area contributed by atoms with Crippen LogP contribution in [0, 0.1) is 12.8 Å². The minimum atomic E-state index is 0.553. The van der Waals surface area contributed by atoms with Crippen molar-refractivity contribution in [2.45, 2.75) is 53.2 Å². The molecule has 6 heterocycles. The van der Waals surface area contributed by atoms with Crippen LogP contribution in [-0.2, 0) is 24.4 Å². The Morgan fingerprint density at radius 2 is 2.12 bits per heavy atom. The standard InChI is InChI=1S/C22H28N8S.C7H8N2O/c1-4-29-13-17(9-24-29)19-10-23-22-21(25-16(3)12-30(19)22)26-20-8-18(27-31-20)14-28-7-5-6-15(2)11-28;10-6-9-5-7-2-1-3-8-4-7/h8-10,12-13,15H,4-7,11,14H2,1-3H3,(H,25,26);1-4,6H,5H2,(H,9,10). The molecule has 1 aliphatic heterocycles. The van der Waals surface area contributed by atoms with E-state index in [1.807, 2.05) is 48.5 Å².